The van der Waals surface area contributed by atoms with Gasteiger partial charge in [-0.2, -0.15) is 0 Å². The van der Waals surface area contributed by atoms with Crippen molar-refractivity contribution in [3.05, 3.63) is 0 Å². The lowest BCUT2D eigenvalue weighted by Gasteiger charge is -2.22. The first-order valence-electron chi connectivity index (χ1n) is 7.04. The van der Waals surface area contributed by atoms with Crippen LogP contribution in [0.2, 0.25) is 0 Å². The van der Waals surface area contributed by atoms with Crippen LogP contribution in [0.3, 0.4) is 0 Å². The molecule has 0 aromatic carbocycles. The minimum Gasteiger partial charge on any atom is -0.480 e. The molecule has 0 bridgehead atoms. The van der Waals surface area contributed by atoms with Gasteiger partial charge in [0.25, 0.3) is 0 Å². The van der Waals surface area contributed by atoms with Gasteiger partial charge >= 0.3 is 12.0 Å². The number of urea groups is 1. The zero-order valence-electron chi connectivity index (χ0n) is 12.0. The average Bonchev–Trinajstić information content (AvgIpc) is 2.90. The van der Waals surface area contributed by atoms with E-state index in [1.165, 1.54) is 0 Å². The minimum absolute atomic E-state index is 0.125. The first-order chi connectivity index (χ1) is 9.45. The third kappa shape index (κ3) is 4.71. The SMILES string of the molecule is CCC[C@@H](NC(=O)NC(C)C(=O)N1CCCC1)C(=O)O. The number of carboxylic acid groups (broad SMARTS) is 1. The summed E-state index contributed by atoms with van der Waals surface area (Å²) in [4.78, 5) is 36.3. The van der Waals surface area contributed by atoms with Crippen molar-refractivity contribution in [2.45, 2.75) is 51.6 Å². The second-order valence-corrected chi connectivity index (χ2v) is 5.05. The van der Waals surface area contributed by atoms with E-state index in [9.17, 15) is 14.4 Å². The van der Waals surface area contributed by atoms with E-state index in [1.807, 2.05) is 6.92 Å². The Balaban J connectivity index is 2.43. The summed E-state index contributed by atoms with van der Waals surface area (Å²) in [6, 6.07) is -2.19. The largest absolute Gasteiger partial charge is 0.480 e. The van der Waals surface area contributed by atoms with Crippen LogP contribution >= 0.6 is 0 Å². The van der Waals surface area contributed by atoms with Crippen LogP contribution < -0.4 is 10.6 Å². The molecule has 1 rings (SSSR count). The lowest BCUT2D eigenvalue weighted by molar-refractivity contribution is -0.139. The molecular formula is C13H23N3O4. The van der Waals surface area contributed by atoms with Gasteiger partial charge in [0, 0.05) is 13.1 Å². The van der Waals surface area contributed by atoms with Crippen molar-refractivity contribution in [1.82, 2.24) is 15.5 Å². The highest BCUT2D eigenvalue weighted by Gasteiger charge is 2.25. The normalized spacial score (nSPS) is 17.4. The number of nitrogens with one attached hydrogen (secondary N) is 2. The Morgan fingerprint density at radius 3 is 2.30 bits per heavy atom. The number of hydrogen-bond donors (Lipinski definition) is 3. The Hall–Kier alpha value is -1.79. The molecule has 0 saturated carbocycles. The first kappa shape index (κ1) is 16.3. The molecule has 0 aliphatic carbocycles. The molecule has 20 heavy (non-hydrogen) atoms. The smallest absolute Gasteiger partial charge is 0.326 e. The van der Waals surface area contributed by atoms with E-state index in [0.29, 0.717) is 12.8 Å². The third-order valence-electron chi connectivity index (χ3n) is 3.32. The highest BCUT2D eigenvalue weighted by molar-refractivity contribution is 5.88. The summed E-state index contributed by atoms with van der Waals surface area (Å²) in [5, 5.41) is 13.8. The summed E-state index contributed by atoms with van der Waals surface area (Å²) in [7, 11) is 0. The van der Waals surface area contributed by atoms with Crippen LogP contribution in [0.1, 0.15) is 39.5 Å². The van der Waals surface area contributed by atoms with Crippen LogP contribution in [0.5, 0.6) is 0 Å². The van der Waals surface area contributed by atoms with Crippen molar-refractivity contribution in [3.8, 4) is 0 Å². The lowest BCUT2D eigenvalue weighted by Crippen LogP contribution is -2.52. The van der Waals surface area contributed by atoms with Crippen molar-refractivity contribution in [3.63, 3.8) is 0 Å². The number of nitrogens with zero attached hydrogens (tertiary/aromatic N) is 1. The molecule has 1 aliphatic heterocycles. The van der Waals surface area contributed by atoms with Crippen LogP contribution in [-0.4, -0.2) is 53.1 Å². The molecule has 1 aliphatic rings. The molecule has 0 spiro atoms. The molecule has 1 saturated heterocycles. The summed E-state index contributed by atoms with van der Waals surface area (Å²) in [5.41, 5.74) is 0. The van der Waals surface area contributed by atoms with Gasteiger partial charge in [0.15, 0.2) is 0 Å². The fourth-order valence-electron chi connectivity index (χ4n) is 2.22. The van der Waals surface area contributed by atoms with Gasteiger partial charge in [-0.25, -0.2) is 9.59 Å². The Morgan fingerprint density at radius 1 is 1.20 bits per heavy atom. The number of amides is 3. The van der Waals surface area contributed by atoms with Gasteiger partial charge in [-0.05, 0) is 26.2 Å². The molecule has 1 fully saturated rings. The predicted octanol–water partition coefficient (Wildman–Crippen LogP) is 0.550. The van der Waals surface area contributed by atoms with Crippen LogP contribution in [-0.2, 0) is 9.59 Å². The van der Waals surface area contributed by atoms with Crippen LogP contribution in [0.15, 0.2) is 0 Å². The molecule has 3 amide bonds. The van der Waals surface area contributed by atoms with Crippen molar-refractivity contribution in [2.75, 3.05) is 13.1 Å². The van der Waals surface area contributed by atoms with Gasteiger partial charge in [0.1, 0.15) is 12.1 Å². The standard InChI is InChI=1S/C13H23N3O4/c1-3-6-10(12(18)19)15-13(20)14-9(2)11(17)16-7-4-5-8-16/h9-10H,3-8H2,1-2H3,(H,18,19)(H2,14,15,20)/t9?,10-/m1/s1. The van der Waals surface area contributed by atoms with E-state index in [1.54, 1.807) is 11.8 Å². The molecule has 114 valence electrons. The van der Waals surface area contributed by atoms with Gasteiger partial charge in [-0.3, -0.25) is 4.79 Å². The second-order valence-electron chi connectivity index (χ2n) is 5.05. The van der Waals surface area contributed by atoms with E-state index in [4.69, 9.17) is 5.11 Å². The van der Waals surface area contributed by atoms with Crippen LogP contribution in [0.25, 0.3) is 0 Å². The Kier molecular flexibility index (Phi) is 6.27. The zero-order valence-corrected chi connectivity index (χ0v) is 12.0. The number of hydrogen-bond acceptors (Lipinski definition) is 3. The van der Waals surface area contributed by atoms with Crippen LogP contribution in [0.4, 0.5) is 4.79 Å². The topological polar surface area (TPSA) is 98.7 Å². The van der Waals surface area contributed by atoms with E-state index in [2.05, 4.69) is 10.6 Å². The maximum atomic E-state index is 12.0. The second kappa shape index (κ2) is 7.72. The molecule has 2 atom stereocenters. The number of likely N-dealkylation sites (tertiary alicyclic amines) is 1. The molecule has 7 nitrogen and oxygen atoms in total. The molecule has 0 aromatic heterocycles. The van der Waals surface area contributed by atoms with E-state index in [-0.39, 0.29) is 5.91 Å². The number of aliphatic carboxylic acids is 1. The number of carbonyl (C=O) groups is 3. The number of rotatable bonds is 6. The van der Waals surface area contributed by atoms with E-state index < -0.39 is 24.1 Å². The maximum absolute atomic E-state index is 12.0. The third-order valence-corrected chi connectivity index (χ3v) is 3.32. The van der Waals surface area contributed by atoms with Crippen LogP contribution in [0, 0.1) is 0 Å². The summed E-state index contributed by atoms with van der Waals surface area (Å²) in [6.07, 6.45) is 2.99. The quantitative estimate of drug-likeness (QED) is 0.663. The molecule has 1 unspecified atom stereocenters. The molecule has 0 aromatic rings. The number of carboxylic acids is 1. The fraction of sp³-hybridized carbons (Fsp3) is 0.769. The Labute approximate surface area is 118 Å². The van der Waals surface area contributed by atoms with E-state index in [0.717, 1.165) is 25.9 Å². The molecule has 1 heterocycles. The van der Waals surface area contributed by atoms with Gasteiger partial charge in [-0.1, -0.05) is 13.3 Å². The average molecular weight is 285 g/mol. The van der Waals surface area contributed by atoms with Gasteiger partial charge in [0.2, 0.25) is 5.91 Å². The first-order valence-corrected chi connectivity index (χ1v) is 7.04. The summed E-state index contributed by atoms with van der Waals surface area (Å²) < 4.78 is 0. The van der Waals surface area contributed by atoms with Crippen molar-refractivity contribution >= 4 is 17.9 Å². The number of carbonyl (C=O) groups excluding carboxylic acids is 2. The summed E-state index contributed by atoms with van der Waals surface area (Å²) in [5.74, 6) is -1.19. The monoisotopic (exact) mass is 285 g/mol. The molecular weight excluding hydrogens is 262 g/mol. The predicted molar refractivity (Wildman–Crippen MR) is 73.3 cm³/mol. The fourth-order valence-corrected chi connectivity index (χ4v) is 2.22. The summed E-state index contributed by atoms with van der Waals surface area (Å²) in [6.45, 7) is 4.89. The lowest BCUT2D eigenvalue weighted by atomic mass is 10.2. The van der Waals surface area contributed by atoms with Gasteiger partial charge in [-0.15, -0.1) is 0 Å². The van der Waals surface area contributed by atoms with Crippen molar-refractivity contribution < 1.29 is 19.5 Å². The Bertz CT molecular complexity index is 367. The van der Waals surface area contributed by atoms with Gasteiger partial charge in [0.05, 0.1) is 0 Å². The van der Waals surface area contributed by atoms with Crippen molar-refractivity contribution in [1.29, 1.82) is 0 Å². The molecule has 7 heteroatoms. The highest BCUT2D eigenvalue weighted by atomic mass is 16.4. The highest BCUT2D eigenvalue weighted by Crippen LogP contribution is 2.08. The summed E-state index contributed by atoms with van der Waals surface area (Å²) >= 11 is 0. The Morgan fingerprint density at radius 2 is 1.80 bits per heavy atom. The molecule has 0 radical (unpaired) electrons. The molecule has 3 N–H and O–H groups in total. The van der Waals surface area contributed by atoms with Gasteiger partial charge < -0.3 is 20.6 Å². The maximum Gasteiger partial charge on any atom is 0.326 e. The van der Waals surface area contributed by atoms with E-state index >= 15 is 0 Å². The zero-order chi connectivity index (χ0) is 15.1. The minimum atomic E-state index is -1.07. The van der Waals surface area contributed by atoms with Crippen molar-refractivity contribution in [2.24, 2.45) is 0 Å².